The molecule has 0 spiro atoms. The van der Waals surface area contributed by atoms with Gasteiger partial charge in [-0.2, -0.15) is 0 Å². The zero-order valence-corrected chi connectivity index (χ0v) is 18.3. The Morgan fingerprint density at radius 3 is 2.00 bits per heavy atom. The Morgan fingerprint density at radius 1 is 0.719 bits per heavy atom. The third-order valence-corrected chi connectivity index (χ3v) is 6.99. The zero-order chi connectivity index (χ0) is 21.3. The normalized spacial score (nSPS) is 22.9. The number of nitrogens with one attached hydrogen (secondary N) is 3. The van der Waals surface area contributed by atoms with Crippen molar-refractivity contribution in [3.63, 3.8) is 0 Å². The van der Waals surface area contributed by atoms with E-state index in [0.717, 1.165) is 37.4 Å². The Labute approximate surface area is 189 Å². The monoisotopic (exact) mass is 423 g/mol. The molecule has 6 rings (SSSR count). The molecule has 4 heterocycles. The maximum Gasteiger partial charge on any atom is 0.123 e. The van der Waals surface area contributed by atoms with Gasteiger partial charge in [0.2, 0.25) is 0 Å². The molecule has 0 aliphatic carbocycles. The molecule has 32 heavy (non-hydrogen) atoms. The lowest BCUT2D eigenvalue weighted by Crippen LogP contribution is -2.29. The van der Waals surface area contributed by atoms with Crippen LogP contribution in [-0.2, 0) is 0 Å². The lowest BCUT2D eigenvalue weighted by atomic mass is 9.96. The second-order valence-electron chi connectivity index (χ2n) is 9.09. The number of rotatable bonds is 5. The minimum Gasteiger partial charge on any atom is -0.341 e. The molecule has 1 aromatic heterocycles. The standard InChI is InChI=1S/C27H29N5/c1-3-23(28-13-1)25-15-22(16-30-25)20-7-5-18(6-8-20)19-9-11-21(12-10-19)26-17-31-27(32-26)24-4-2-14-29-24/h5-12,16-17,23-24,28-29H,1-4,13-15H2,(H,31,32)/t23-,24-/m0/s1. The highest BCUT2D eigenvalue weighted by Gasteiger charge is 2.23. The summed E-state index contributed by atoms with van der Waals surface area (Å²) >= 11 is 0. The third kappa shape index (κ3) is 3.83. The molecule has 5 heteroatoms. The molecule has 3 aromatic rings. The number of nitrogens with zero attached hydrogens (tertiary/aromatic N) is 2. The van der Waals surface area contributed by atoms with Crippen LogP contribution in [-0.4, -0.2) is 34.8 Å². The van der Waals surface area contributed by atoms with E-state index in [2.05, 4.69) is 75.3 Å². The van der Waals surface area contributed by atoms with Gasteiger partial charge in [-0.15, -0.1) is 0 Å². The predicted octanol–water partition coefficient (Wildman–Crippen LogP) is 5.11. The number of aromatic nitrogens is 2. The Hall–Kier alpha value is -3.02. The molecule has 2 aromatic carbocycles. The summed E-state index contributed by atoms with van der Waals surface area (Å²) in [6.45, 7) is 2.20. The van der Waals surface area contributed by atoms with Crippen LogP contribution in [0.1, 0.15) is 49.5 Å². The molecule has 0 unspecified atom stereocenters. The molecule has 3 N–H and O–H groups in total. The van der Waals surface area contributed by atoms with Crippen molar-refractivity contribution in [2.75, 3.05) is 13.1 Å². The average molecular weight is 424 g/mol. The topological polar surface area (TPSA) is 65.1 Å². The lowest BCUT2D eigenvalue weighted by Gasteiger charge is -2.11. The van der Waals surface area contributed by atoms with Gasteiger partial charge >= 0.3 is 0 Å². The van der Waals surface area contributed by atoms with Gasteiger partial charge < -0.3 is 15.6 Å². The van der Waals surface area contributed by atoms with E-state index < -0.39 is 0 Å². The number of benzene rings is 2. The molecule has 2 fully saturated rings. The van der Waals surface area contributed by atoms with Crippen molar-refractivity contribution in [3.8, 4) is 22.4 Å². The van der Waals surface area contributed by atoms with Gasteiger partial charge in [-0.05, 0) is 66.6 Å². The largest absolute Gasteiger partial charge is 0.341 e. The Morgan fingerprint density at radius 2 is 1.34 bits per heavy atom. The quantitative estimate of drug-likeness (QED) is 0.535. The van der Waals surface area contributed by atoms with E-state index >= 15 is 0 Å². The number of aliphatic imine (C=N–C) groups is 1. The third-order valence-electron chi connectivity index (χ3n) is 6.99. The van der Waals surface area contributed by atoms with Crippen LogP contribution in [0, 0.1) is 0 Å². The molecule has 5 nitrogen and oxygen atoms in total. The second-order valence-corrected chi connectivity index (χ2v) is 9.09. The minimum absolute atomic E-state index is 0.368. The number of H-pyrrole nitrogens is 1. The maximum absolute atomic E-state index is 4.70. The highest BCUT2D eigenvalue weighted by atomic mass is 15.0. The van der Waals surface area contributed by atoms with Crippen molar-refractivity contribution < 1.29 is 0 Å². The molecule has 3 aliphatic heterocycles. The van der Waals surface area contributed by atoms with Crippen LogP contribution in [0.3, 0.4) is 0 Å². The van der Waals surface area contributed by atoms with Crippen LogP contribution in [0.2, 0.25) is 0 Å². The average Bonchev–Trinajstić information content (AvgIpc) is 3.66. The summed E-state index contributed by atoms with van der Waals surface area (Å²) in [6.07, 6.45) is 9.82. The number of hydrogen-bond acceptors (Lipinski definition) is 4. The molecule has 2 saturated heterocycles. The van der Waals surface area contributed by atoms with Gasteiger partial charge in [-0.25, -0.2) is 4.98 Å². The van der Waals surface area contributed by atoms with Crippen molar-refractivity contribution in [1.82, 2.24) is 20.6 Å². The van der Waals surface area contributed by atoms with Gasteiger partial charge in [-0.1, -0.05) is 48.5 Å². The highest BCUT2D eigenvalue weighted by molar-refractivity contribution is 6.01. The summed E-state index contributed by atoms with van der Waals surface area (Å²) in [5.41, 5.74) is 8.60. The fourth-order valence-corrected chi connectivity index (χ4v) is 5.10. The van der Waals surface area contributed by atoms with E-state index in [1.807, 2.05) is 6.20 Å². The van der Waals surface area contributed by atoms with E-state index in [-0.39, 0.29) is 0 Å². The molecule has 0 saturated carbocycles. The van der Waals surface area contributed by atoms with Crippen molar-refractivity contribution in [2.24, 2.45) is 4.99 Å². The minimum atomic E-state index is 0.368. The van der Waals surface area contributed by atoms with Crippen LogP contribution < -0.4 is 10.6 Å². The number of imidazole rings is 1. The Kier molecular flexibility index (Phi) is 5.21. The molecular formula is C27H29N5. The van der Waals surface area contributed by atoms with E-state index in [1.165, 1.54) is 52.8 Å². The van der Waals surface area contributed by atoms with Crippen molar-refractivity contribution >= 4 is 11.3 Å². The molecular weight excluding hydrogens is 394 g/mol. The smallest absolute Gasteiger partial charge is 0.123 e. The number of allylic oxidation sites excluding steroid dienone is 1. The number of aromatic amines is 1. The lowest BCUT2D eigenvalue weighted by molar-refractivity contribution is 0.613. The first-order valence-electron chi connectivity index (χ1n) is 11.8. The van der Waals surface area contributed by atoms with Gasteiger partial charge in [-0.3, -0.25) is 4.99 Å². The Bertz CT molecular complexity index is 1140. The van der Waals surface area contributed by atoms with E-state index in [9.17, 15) is 0 Å². The van der Waals surface area contributed by atoms with Crippen LogP contribution >= 0.6 is 0 Å². The first-order valence-corrected chi connectivity index (χ1v) is 11.8. The molecule has 2 atom stereocenters. The first-order chi connectivity index (χ1) is 15.8. The summed E-state index contributed by atoms with van der Waals surface area (Å²) in [4.78, 5) is 12.8. The SMILES string of the molecule is C1=C(c2ccc(-c3ccc(-c4cnc([C@@H]5CCCN5)[nH]4)cc3)cc2)CC([C@@H]2CCCN2)=N1. The van der Waals surface area contributed by atoms with E-state index in [4.69, 9.17) is 4.99 Å². The maximum atomic E-state index is 4.70. The van der Waals surface area contributed by atoms with Gasteiger partial charge in [0.05, 0.1) is 17.9 Å². The van der Waals surface area contributed by atoms with Crippen LogP contribution in [0.25, 0.3) is 28.0 Å². The summed E-state index contributed by atoms with van der Waals surface area (Å²) in [5, 5.41) is 7.06. The van der Waals surface area contributed by atoms with Crippen LogP contribution in [0.4, 0.5) is 0 Å². The van der Waals surface area contributed by atoms with Crippen molar-refractivity contribution in [2.45, 2.75) is 44.2 Å². The summed E-state index contributed by atoms with van der Waals surface area (Å²) in [5.74, 6) is 1.05. The van der Waals surface area contributed by atoms with Crippen LogP contribution in [0.15, 0.2) is 65.9 Å². The van der Waals surface area contributed by atoms with Crippen molar-refractivity contribution in [3.05, 3.63) is 72.3 Å². The Balaban J connectivity index is 1.13. The van der Waals surface area contributed by atoms with Gasteiger partial charge in [0.1, 0.15) is 5.82 Å². The van der Waals surface area contributed by atoms with E-state index in [0.29, 0.717) is 12.1 Å². The molecule has 162 valence electrons. The van der Waals surface area contributed by atoms with Gasteiger partial charge in [0, 0.05) is 24.4 Å². The van der Waals surface area contributed by atoms with Gasteiger partial charge in [0.25, 0.3) is 0 Å². The van der Waals surface area contributed by atoms with Crippen molar-refractivity contribution in [1.29, 1.82) is 0 Å². The zero-order valence-electron chi connectivity index (χ0n) is 18.3. The molecule has 0 amide bonds. The molecule has 0 radical (unpaired) electrons. The fraction of sp³-hybridized carbons (Fsp3) is 0.333. The van der Waals surface area contributed by atoms with Gasteiger partial charge in [0.15, 0.2) is 0 Å². The summed E-state index contributed by atoms with van der Waals surface area (Å²) in [7, 11) is 0. The first kappa shape index (κ1) is 19.6. The van der Waals surface area contributed by atoms with Crippen LogP contribution in [0.5, 0.6) is 0 Å². The number of hydrogen-bond donors (Lipinski definition) is 3. The molecule has 3 aliphatic rings. The predicted molar refractivity (Wildman–Crippen MR) is 130 cm³/mol. The van der Waals surface area contributed by atoms with E-state index in [1.54, 1.807) is 0 Å². The fourth-order valence-electron chi connectivity index (χ4n) is 5.10. The molecule has 0 bridgehead atoms. The summed E-state index contributed by atoms with van der Waals surface area (Å²) in [6, 6.07) is 18.5. The highest BCUT2D eigenvalue weighted by Crippen LogP contribution is 2.30. The summed E-state index contributed by atoms with van der Waals surface area (Å²) < 4.78 is 0. The second kappa shape index (κ2) is 8.49.